The number of nitrogens with one attached hydrogen (secondary N) is 2. The molecule has 0 saturated carbocycles. The van der Waals surface area contributed by atoms with Gasteiger partial charge in [0.25, 0.3) is 5.91 Å². The highest BCUT2D eigenvalue weighted by molar-refractivity contribution is 6.31. The third kappa shape index (κ3) is 8.12. The van der Waals surface area contributed by atoms with E-state index in [1.54, 1.807) is 0 Å². The minimum absolute atomic E-state index is 0. The molecule has 0 fully saturated rings. The van der Waals surface area contributed by atoms with E-state index in [-0.39, 0.29) is 40.6 Å². The standard InChI is InChI=1S/C33H38ClN3O5.ClH/c34-21-13-14-24-26(17-21)37-25-12-8-7-11-23(25)32(24)35-15-9-5-3-1-2-4-6-10-16-36-33(41)30-20-28(40)31-27(39)18-22(38)19-29(31)42-30;/h13-14,17-20,38-39H,1-12,15-16H2,(H,35,37)(H,36,41);1H. The molecule has 2 heterocycles. The lowest BCUT2D eigenvalue weighted by molar-refractivity contribution is 0.0925. The van der Waals surface area contributed by atoms with Gasteiger partial charge in [-0.05, 0) is 62.3 Å². The summed E-state index contributed by atoms with van der Waals surface area (Å²) in [5.74, 6) is -1.27. The number of carbonyl (C=O) groups excluding carboxylic acids is 1. The highest BCUT2D eigenvalue weighted by atomic mass is 35.5. The molecule has 0 bridgehead atoms. The number of nitrogens with zero attached hydrogens (tertiary/aromatic N) is 1. The average Bonchev–Trinajstić information content (AvgIpc) is 2.96. The van der Waals surface area contributed by atoms with Crippen molar-refractivity contribution in [2.24, 2.45) is 0 Å². The Morgan fingerprint density at radius 3 is 2.37 bits per heavy atom. The molecule has 2 aromatic carbocycles. The molecule has 8 nitrogen and oxygen atoms in total. The highest BCUT2D eigenvalue weighted by Gasteiger charge is 2.18. The minimum atomic E-state index is -0.537. The molecule has 0 atom stereocenters. The van der Waals surface area contributed by atoms with E-state index >= 15 is 0 Å². The number of benzene rings is 2. The number of anilines is 1. The molecule has 1 aliphatic rings. The minimum Gasteiger partial charge on any atom is -0.508 e. The van der Waals surface area contributed by atoms with Gasteiger partial charge in [0.05, 0.1) is 5.52 Å². The van der Waals surface area contributed by atoms with Crippen molar-refractivity contribution in [3.8, 4) is 11.5 Å². The second-order valence-corrected chi connectivity index (χ2v) is 11.5. The van der Waals surface area contributed by atoms with Crippen LogP contribution in [0.5, 0.6) is 11.5 Å². The lowest BCUT2D eigenvalue weighted by Gasteiger charge is -2.22. The quantitative estimate of drug-likeness (QED) is 0.112. The van der Waals surface area contributed by atoms with E-state index < -0.39 is 11.3 Å². The molecule has 43 heavy (non-hydrogen) atoms. The van der Waals surface area contributed by atoms with Gasteiger partial charge in [-0.3, -0.25) is 14.6 Å². The molecule has 1 aliphatic carbocycles. The van der Waals surface area contributed by atoms with Crippen LogP contribution in [0.1, 0.15) is 86.0 Å². The van der Waals surface area contributed by atoms with Crippen LogP contribution in [0.15, 0.2) is 45.6 Å². The Kier molecular flexibility index (Phi) is 11.5. The number of phenols is 2. The van der Waals surface area contributed by atoms with Crippen LogP contribution in [0.4, 0.5) is 5.69 Å². The maximum Gasteiger partial charge on any atom is 0.287 e. The molecule has 0 aliphatic heterocycles. The molecule has 0 radical (unpaired) electrons. The number of pyridine rings is 1. The summed E-state index contributed by atoms with van der Waals surface area (Å²) < 4.78 is 5.45. The molecule has 1 amide bonds. The van der Waals surface area contributed by atoms with Gasteiger partial charge >= 0.3 is 0 Å². The molecule has 5 rings (SSSR count). The number of amides is 1. The van der Waals surface area contributed by atoms with Crippen molar-refractivity contribution in [2.75, 3.05) is 18.4 Å². The monoisotopic (exact) mass is 627 g/mol. The van der Waals surface area contributed by atoms with Crippen LogP contribution in [0, 0.1) is 0 Å². The summed E-state index contributed by atoms with van der Waals surface area (Å²) in [7, 11) is 0. The maximum absolute atomic E-state index is 12.4. The van der Waals surface area contributed by atoms with Crippen molar-refractivity contribution in [2.45, 2.75) is 77.0 Å². The zero-order valence-electron chi connectivity index (χ0n) is 24.2. The molecular formula is C33H39Cl2N3O5. The van der Waals surface area contributed by atoms with E-state index in [1.165, 1.54) is 60.5 Å². The van der Waals surface area contributed by atoms with Crippen LogP contribution in [0.25, 0.3) is 21.9 Å². The second-order valence-electron chi connectivity index (χ2n) is 11.1. The number of aromatic hydroxyl groups is 2. The van der Waals surface area contributed by atoms with Gasteiger partial charge in [-0.25, -0.2) is 0 Å². The van der Waals surface area contributed by atoms with Crippen LogP contribution >= 0.6 is 24.0 Å². The number of rotatable bonds is 13. The number of fused-ring (bicyclic) bond motifs is 3. The first kappa shape index (κ1) is 32.4. The van der Waals surface area contributed by atoms with Gasteiger partial charge in [0.1, 0.15) is 22.5 Å². The third-order valence-electron chi connectivity index (χ3n) is 7.93. The number of aryl methyl sites for hydroxylation is 1. The topological polar surface area (TPSA) is 125 Å². The first-order valence-electron chi connectivity index (χ1n) is 15.0. The Morgan fingerprint density at radius 1 is 0.907 bits per heavy atom. The number of unbranched alkanes of at least 4 members (excludes halogenated alkanes) is 7. The van der Waals surface area contributed by atoms with Gasteiger partial charge in [-0.2, -0.15) is 0 Å². The summed E-state index contributed by atoms with van der Waals surface area (Å²) in [5.41, 5.74) is 4.27. The van der Waals surface area contributed by atoms with Crippen molar-refractivity contribution in [1.29, 1.82) is 0 Å². The Balaban J connectivity index is 0.00000423. The van der Waals surface area contributed by atoms with E-state index in [9.17, 15) is 19.8 Å². The van der Waals surface area contributed by atoms with E-state index in [2.05, 4.69) is 16.7 Å². The summed E-state index contributed by atoms with van der Waals surface area (Å²) in [6.07, 6.45) is 13.4. The largest absolute Gasteiger partial charge is 0.508 e. The van der Waals surface area contributed by atoms with E-state index in [1.807, 2.05) is 12.1 Å². The molecule has 4 aromatic rings. The van der Waals surface area contributed by atoms with Gasteiger partial charge in [-0.15, -0.1) is 12.4 Å². The molecule has 0 saturated heterocycles. The number of carbonyl (C=O) groups is 1. The third-order valence-corrected chi connectivity index (χ3v) is 8.17. The predicted molar refractivity (Wildman–Crippen MR) is 174 cm³/mol. The van der Waals surface area contributed by atoms with Gasteiger partial charge < -0.3 is 25.3 Å². The zero-order valence-corrected chi connectivity index (χ0v) is 25.8. The first-order chi connectivity index (χ1) is 20.4. The van der Waals surface area contributed by atoms with E-state index in [4.69, 9.17) is 21.0 Å². The predicted octanol–water partition coefficient (Wildman–Crippen LogP) is 7.67. The van der Waals surface area contributed by atoms with Gasteiger partial charge in [0, 0.05) is 53.1 Å². The van der Waals surface area contributed by atoms with Gasteiger partial charge in [0.2, 0.25) is 0 Å². The van der Waals surface area contributed by atoms with Crippen LogP contribution < -0.4 is 16.1 Å². The van der Waals surface area contributed by atoms with Crippen LogP contribution in [0.3, 0.4) is 0 Å². The summed E-state index contributed by atoms with van der Waals surface area (Å²) in [6.45, 7) is 1.44. The molecular weight excluding hydrogens is 589 g/mol. The molecule has 10 heteroatoms. The Bertz CT molecular complexity index is 1640. The van der Waals surface area contributed by atoms with Crippen LogP contribution in [-0.4, -0.2) is 34.2 Å². The zero-order chi connectivity index (χ0) is 29.5. The fourth-order valence-corrected chi connectivity index (χ4v) is 5.95. The normalized spacial score (nSPS) is 12.6. The Morgan fingerprint density at radius 2 is 1.60 bits per heavy atom. The summed E-state index contributed by atoms with van der Waals surface area (Å²) in [6, 6.07) is 9.33. The summed E-state index contributed by atoms with van der Waals surface area (Å²) >= 11 is 6.24. The Labute approximate surface area is 262 Å². The SMILES string of the molecule is Cl.O=C(NCCCCCCCCCCNc1c2c(nc3cc(Cl)ccc13)CCCC2)c1cc(=O)c2c(O)cc(O)cc2o1. The van der Waals surface area contributed by atoms with Crippen molar-refractivity contribution in [3.63, 3.8) is 0 Å². The highest BCUT2D eigenvalue weighted by Crippen LogP contribution is 2.34. The lowest BCUT2D eigenvalue weighted by atomic mass is 9.92. The molecule has 230 valence electrons. The number of aromatic nitrogens is 1. The van der Waals surface area contributed by atoms with Gasteiger partial charge in [0.15, 0.2) is 11.2 Å². The summed E-state index contributed by atoms with van der Waals surface area (Å²) in [4.78, 5) is 29.6. The number of hydrogen-bond donors (Lipinski definition) is 4. The molecule has 0 unspecified atom stereocenters. The first-order valence-corrected chi connectivity index (χ1v) is 15.4. The number of phenolic OH excluding ortho intramolecular Hbond substituents is 2. The van der Waals surface area contributed by atoms with Crippen molar-refractivity contribution < 1.29 is 19.4 Å². The average molecular weight is 629 g/mol. The van der Waals surface area contributed by atoms with Crippen LogP contribution in [-0.2, 0) is 12.8 Å². The Hall–Kier alpha value is -3.49. The van der Waals surface area contributed by atoms with Crippen molar-refractivity contribution in [1.82, 2.24) is 10.3 Å². The fourth-order valence-electron chi connectivity index (χ4n) is 5.78. The van der Waals surface area contributed by atoms with E-state index in [0.29, 0.717) is 6.54 Å². The van der Waals surface area contributed by atoms with E-state index in [0.717, 1.165) is 74.2 Å². The van der Waals surface area contributed by atoms with Crippen molar-refractivity contribution >= 4 is 57.5 Å². The van der Waals surface area contributed by atoms with Crippen LogP contribution in [0.2, 0.25) is 5.02 Å². The second kappa shape index (κ2) is 15.3. The molecule has 4 N–H and O–H groups in total. The fraction of sp³-hybridized carbons (Fsp3) is 0.424. The maximum atomic E-state index is 12.4. The number of halogens is 2. The molecule has 2 aromatic heterocycles. The number of hydrogen-bond acceptors (Lipinski definition) is 7. The molecule has 0 spiro atoms. The van der Waals surface area contributed by atoms with Gasteiger partial charge in [-0.1, -0.05) is 50.1 Å². The smallest absolute Gasteiger partial charge is 0.287 e. The summed E-state index contributed by atoms with van der Waals surface area (Å²) in [5, 5.41) is 27.8. The lowest BCUT2D eigenvalue weighted by Crippen LogP contribution is -2.25. The van der Waals surface area contributed by atoms with Crippen molar-refractivity contribution in [3.05, 3.63) is 68.7 Å².